The van der Waals surface area contributed by atoms with Crippen molar-refractivity contribution < 1.29 is 9.84 Å². The van der Waals surface area contributed by atoms with Crippen LogP contribution in [0.15, 0.2) is 18.2 Å². The van der Waals surface area contributed by atoms with Gasteiger partial charge in [-0.05, 0) is 11.6 Å². The van der Waals surface area contributed by atoms with Gasteiger partial charge in [0.1, 0.15) is 5.75 Å². The quantitative estimate of drug-likeness (QED) is 0.574. The largest absolute Gasteiger partial charge is 0.508 e. The van der Waals surface area contributed by atoms with Crippen molar-refractivity contribution >= 4 is 5.69 Å². The molecule has 0 saturated carbocycles. The van der Waals surface area contributed by atoms with Crippen molar-refractivity contribution in [1.82, 2.24) is 5.32 Å². The summed E-state index contributed by atoms with van der Waals surface area (Å²) in [6, 6.07) is 5.18. The molecular weight excluding hydrogens is 180 g/mol. The van der Waals surface area contributed by atoms with Gasteiger partial charge in [0.15, 0.2) is 0 Å². The van der Waals surface area contributed by atoms with Gasteiger partial charge in [-0.15, -0.1) is 0 Å². The average Bonchev–Trinajstić information content (AvgIpc) is 2.19. The van der Waals surface area contributed by atoms with E-state index in [0.717, 1.165) is 18.7 Å². The van der Waals surface area contributed by atoms with E-state index in [2.05, 4.69) is 5.32 Å². The highest BCUT2D eigenvalue weighted by atomic mass is 16.5. The zero-order chi connectivity index (χ0) is 9.97. The smallest absolute Gasteiger partial charge is 0.117 e. The van der Waals surface area contributed by atoms with Crippen LogP contribution >= 0.6 is 0 Å². The van der Waals surface area contributed by atoms with E-state index in [4.69, 9.17) is 10.5 Å². The monoisotopic (exact) mass is 194 g/mol. The predicted octanol–water partition coefficient (Wildman–Crippen LogP) is 0.635. The Labute approximate surface area is 82.7 Å². The molecular formula is C10H14N2O2. The van der Waals surface area contributed by atoms with Gasteiger partial charge in [-0.25, -0.2) is 0 Å². The van der Waals surface area contributed by atoms with E-state index in [1.165, 1.54) is 0 Å². The number of nitrogens with two attached hydrogens (primary N) is 1. The number of aromatic hydroxyl groups is 1. The van der Waals surface area contributed by atoms with Gasteiger partial charge in [0.05, 0.1) is 19.3 Å². The first kappa shape index (κ1) is 9.30. The molecule has 1 heterocycles. The molecule has 1 aliphatic rings. The lowest BCUT2D eigenvalue weighted by Crippen LogP contribution is -2.34. The average molecular weight is 194 g/mol. The van der Waals surface area contributed by atoms with Gasteiger partial charge < -0.3 is 20.9 Å². The number of morpholine rings is 1. The van der Waals surface area contributed by atoms with Gasteiger partial charge in [-0.2, -0.15) is 0 Å². The minimum absolute atomic E-state index is 0.143. The maximum Gasteiger partial charge on any atom is 0.117 e. The Morgan fingerprint density at radius 2 is 2.36 bits per heavy atom. The summed E-state index contributed by atoms with van der Waals surface area (Å²) in [5.41, 5.74) is 7.39. The number of nitrogen functional groups attached to an aromatic ring is 1. The molecule has 0 radical (unpaired) electrons. The van der Waals surface area contributed by atoms with Crippen LogP contribution in [0.2, 0.25) is 0 Å². The third-order valence-electron chi connectivity index (χ3n) is 2.37. The minimum atomic E-state index is 0.143. The molecule has 0 spiro atoms. The fourth-order valence-electron chi connectivity index (χ4n) is 1.64. The topological polar surface area (TPSA) is 67.5 Å². The number of anilines is 1. The molecule has 1 aromatic carbocycles. The number of hydrogen-bond acceptors (Lipinski definition) is 4. The minimum Gasteiger partial charge on any atom is -0.508 e. The van der Waals surface area contributed by atoms with Crippen LogP contribution in [0.5, 0.6) is 5.75 Å². The van der Waals surface area contributed by atoms with Crippen molar-refractivity contribution in [2.24, 2.45) is 0 Å². The predicted molar refractivity (Wildman–Crippen MR) is 54.1 cm³/mol. The van der Waals surface area contributed by atoms with Crippen molar-refractivity contribution in [2.75, 3.05) is 25.5 Å². The summed E-state index contributed by atoms with van der Waals surface area (Å²) in [5, 5.41) is 12.5. The molecule has 1 atom stereocenters. The van der Waals surface area contributed by atoms with Crippen molar-refractivity contribution in [1.29, 1.82) is 0 Å². The van der Waals surface area contributed by atoms with Gasteiger partial charge in [0.2, 0.25) is 0 Å². The highest BCUT2D eigenvalue weighted by molar-refractivity contribution is 5.52. The Balaban J connectivity index is 2.22. The number of phenolic OH excluding ortho intramolecular Hbond substituents is 1. The zero-order valence-electron chi connectivity index (χ0n) is 7.86. The van der Waals surface area contributed by atoms with E-state index in [0.29, 0.717) is 12.3 Å². The SMILES string of the molecule is Nc1cc(O)ccc1[C@H]1COCCN1. The summed E-state index contributed by atoms with van der Waals surface area (Å²) in [4.78, 5) is 0. The lowest BCUT2D eigenvalue weighted by atomic mass is 10.0. The molecule has 2 rings (SSSR count). The van der Waals surface area contributed by atoms with Crippen LogP contribution < -0.4 is 11.1 Å². The zero-order valence-corrected chi connectivity index (χ0v) is 7.86. The molecule has 0 bridgehead atoms. The molecule has 0 aliphatic carbocycles. The molecule has 4 N–H and O–H groups in total. The number of nitrogens with one attached hydrogen (secondary N) is 1. The number of hydrogen-bond donors (Lipinski definition) is 3. The van der Waals surface area contributed by atoms with E-state index in [1.54, 1.807) is 12.1 Å². The highest BCUT2D eigenvalue weighted by Gasteiger charge is 2.17. The Morgan fingerprint density at radius 1 is 1.50 bits per heavy atom. The van der Waals surface area contributed by atoms with Gasteiger partial charge in [-0.3, -0.25) is 0 Å². The standard InChI is InChI=1S/C10H14N2O2/c11-9-5-7(13)1-2-8(9)10-6-14-4-3-12-10/h1-2,5,10,12-13H,3-4,6,11H2/t10-/m1/s1. The fraction of sp³-hybridized carbons (Fsp3) is 0.400. The molecule has 0 unspecified atom stereocenters. The first-order valence-corrected chi connectivity index (χ1v) is 4.67. The first-order valence-electron chi connectivity index (χ1n) is 4.67. The van der Waals surface area contributed by atoms with Gasteiger partial charge in [0, 0.05) is 18.3 Å². The third-order valence-corrected chi connectivity index (χ3v) is 2.37. The Kier molecular flexibility index (Phi) is 2.56. The van der Waals surface area contributed by atoms with Crippen LogP contribution in [0, 0.1) is 0 Å². The van der Waals surface area contributed by atoms with Crippen LogP contribution in [0.25, 0.3) is 0 Å². The van der Waals surface area contributed by atoms with Crippen molar-refractivity contribution in [3.05, 3.63) is 23.8 Å². The van der Waals surface area contributed by atoms with E-state index < -0.39 is 0 Å². The molecule has 0 aromatic heterocycles. The maximum atomic E-state index is 9.20. The Hall–Kier alpha value is -1.26. The first-order chi connectivity index (χ1) is 6.77. The van der Waals surface area contributed by atoms with Crippen molar-refractivity contribution in [3.8, 4) is 5.75 Å². The summed E-state index contributed by atoms with van der Waals surface area (Å²) in [6.07, 6.45) is 0. The summed E-state index contributed by atoms with van der Waals surface area (Å²) >= 11 is 0. The molecule has 14 heavy (non-hydrogen) atoms. The number of ether oxygens (including phenoxy) is 1. The van der Waals surface area contributed by atoms with Crippen LogP contribution in [0.3, 0.4) is 0 Å². The Bertz CT molecular complexity index is 322. The number of benzene rings is 1. The van der Waals surface area contributed by atoms with Gasteiger partial charge in [-0.1, -0.05) is 6.07 Å². The maximum absolute atomic E-state index is 9.20. The van der Waals surface area contributed by atoms with Gasteiger partial charge in [0.25, 0.3) is 0 Å². The molecule has 4 nitrogen and oxygen atoms in total. The molecule has 1 aliphatic heterocycles. The normalized spacial score (nSPS) is 22.1. The van der Waals surface area contributed by atoms with E-state index in [-0.39, 0.29) is 11.8 Å². The summed E-state index contributed by atoms with van der Waals surface area (Å²) in [5.74, 6) is 0.197. The summed E-state index contributed by atoms with van der Waals surface area (Å²) < 4.78 is 5.34. The second kappa shape index (κ2) is 3.86. The number of rotatable bonds is 1. The van der Waals surface area contributed by atoms with Crippen LogP contribution in [-0.2, 0) is 4.74 Å². The van der Waals surface area contributed by atoms with Crippen LogP contribution in [0.1, 0.15) is 11.6 Å². The molecule has 1 fully saturated rings. The van der Waals surface area contributed by atoms with Crippen LogP contribution in [-0.4, -0.2) is 24.9 Å². The second-order valence-corrected chi connectivity index (χ2v) is 3.39. The molecule has 0 amide bonds. The van der Waals surface area contributed by atoms with E-state index in [9.17, 15) is 5.11 Å². The fourth-order valence-corrected chi connectivity index (χ4v) is 1.64. The molecule has 76 valence electrons. The lowest BCUT2D eigenvalue weighted by Gasteiger charge is -2.25. The van der Waals surface area contributed by atoms with E-state index >= 15 is 0 Å². The van der Waals surface area contributed by atoms with Crippen molar-refractivity contribution in [2.45, 2.75) is 6.04 Å². The van der Waals surface area contributed by atoms with Crippen LogP contribution in [0.4, 0.5) is 5.69 Å². The lowest BCUT2D eigenvalue weighted by molar-refractivity contribution is 0.0771. The second-order valence-electron chi connectivity index (χ2n) is 3.39. The molecule has 1 saturated heterocycles. The summed E-state index contributed by atoms with van der Waals surface area (Å²) in [7, 11) is 0. The summed E-state index contributed by atoms with van der Waals surface area (Å²) in [6.45, 7) is 2.22. The molecule has 4 heteroatoms. The Morgan fingerprint density at radius 3 is 3.00 bits per heavy atom. The van der Waals surface area contributed by atoms with E-state index in [1.807, 2.05) is 6.07 Å². The highest BCUT2D eigenvalue weighted by Crippen LogP contribution is 2.25. The third kappa shape index (κ3) is 1.81. The van der Waals surface area contributed by atoms with Crippen molar-refractivity contribution in [3.63, 3.8) is 0 Å². The number of phenols is 1. The van der Waals surface area contributed by atoms with Gasteiger partial charge >= 0.3 is 0 Å². The molecule has 1 aromatic rings.